The quantitative estimate of drug-likeness (QED) is 0.136. The maximum atomic E-state index is 14.3. The average Bonchev–Trinajstić information content (AvgIpc) is 2.97. The lowest BCUT2D eigenvalue weighted by Crippen LogP contribution is -2.29. The molecule has 3 aromatic carbocycles. The van der Waals surface area contributed by atoms with E-state index in [2.05, 4.69) is 4.98 Å². The molecule has 9 nitrogen and oxygen atoms in total. The van der Waals surface area contributed by atoms with Gasteiger partial charge in [0.25, 0.3) is 10.1 Å². The summed E-state index contributed by atoms with van der Waals surface area (Å²) in [5, 5.41) is 0. The number of para-hydroxylation sites is 1. The SMILES string of the molecule is COc1cccc(OCCCOS(=O)(=O)c2ccc(C)cc2)c1CN(C(C)=O)c1cccnc1Oc1ccccc1F. The van der Waals surface area contributed by atoms with E-state index in [1.165, 1.54) is 49.4 Å². The lowest BCUT2D eigenvalue weighted by atomic mass is 10.1. The number of carbonyl (C=O) groups excluding carboxylic acids is 1. The molecule has 1 amide bonds. The van der Waals surface area contributed by atoms with E-state index in [4.69, 9.17) is 18.4 Å². The second-order valence-corrected chi connectivity index (χ2v) is 10.8. The molecule has 1 aromatic heterocycles. The standard InChI is InChI=1S/C31H31FN2O7S/c1-22-14-16-24(17-15-22)42(36,37)40-20-8-19-39-29-13-6-12-28(38-3)25(29)21-34(23(2)35)27-10-7-18-33-31(27)41-30-11-5-4-9-26(30)32/h4-7,9-18H,8,19-21H2,1-3H3. The van der Waals surface area contributed by atoms with Gasteiger partial charge in [-0.05, 0) is 55.5 Å². The third-order valence-electron chi connectivity index (χ3n) is 6.19. The largest absolute Gasteiger partial charge is 0.496 e. The second kappa shape index (κ2) is 13.9. The zero-order valence-corrected chi connectivity index (χ0v) is 24.3. The van der Waals surface area contributed by atoms with Gasteiger partial charge in [-0.25, -0.2) is 9.37 Å². The lowest BCUT2D eigenvalue weighted by Gasteiger charge is -2.25. The van der Waals surface area contributed by atoms with E-state index in [-0.39, 0.29) is 48.6 Å². The van der Waals surface area contributed by atoms with Crippen molar-refractivity contribution in [3.63, 3.8) is 0 Å². The number of halogens is 1. The molecule has 0 fully saturated rings. The molecule has 4 rings (SSSR count). The number of pyridine rings is 1. The summed E-state index contributed by atoms with van der Waals surface area (Å²) in [5.41, 5.74) is 1.82. The second-order valence-electron chi connectivity index (χ2n) is 9.19. The van der Waals surface area contributed by atoms with Crippen LogP contribution >= 0.6 is 0 Å². The molecule has 0 spiro atoms. The third kappa shape index (κ3) is 7.62. The highest BCUT2D eigenvalue weighted by Crippen LogP contribution is 2.36. The third-order valence-corrected chi connectivity index (χ3v) is 7.51. The number of hydrogen-bond donors (Lipinski definition) is 0. The lowest BCUT2D eigenvalue weighted by molar-refractivity contribution is -0.116. The number of nitrogens with zero attached hydrogens (tertiary/aromatic N) is 2. The number of hydrogen-bond acceptors (Lipinski definition) is 8. The summed E-state index contributed by atoms with van der Waals surface area (Å²) >= 11 is 0. The first-order chi connectivity index (χ1) is 20.2. The van der Waals surface area contributed by atoms with E-state index in [1.807, 2.05) is 6.92 Å². The van der Waals surface area contributed by atoms with Crippen molar-refractivity contribution in [3.05, 3.63) is 102 Å². The van der Waals surface area contributed by atoms with Gasteiger partial charge in [-0.2, -0.15) is 8.42 Å². The van der Waals surface area contributed by atoms with Crippen molar-refractivity contribution in [2.45, 2.75) is 31.7 Å². The van der Waals surface area contributed by atoms with Crippen LogP contribution in [0.25, 0.3) is 0 Å². The Morgan fingerprint density at radius 1 is 0.905 bits per heavy atom. The van der Waals surface area contributed by atoms with Gasteiger partial charge in [0.2, 0.25) is 11.8 Å². The minimum Gasteiger partial charge on any atom is -0.496 e. The molecule has 0 aliphatic heterocycles. The van der Waals surface area contributed by atoms with Crippen LogP contribution in [0.4, 0.5) is 10.1 Å². The number of aryl methyl sites for hydroxylation is 1. The Labute approximate surface area is 244 Å². The van der Waals surface area contributed by atoms with Crippen molar-refractivity contribution in [1.82, 2.24) is 4.98 Å². The molecule has 42 heavy (non-hydrogen) atoms. The van der Waals surface area contributed by atoms with Crippen molar-refractivity contribution in [2.75, 3.05) is 25.2 Å². The molecule has 0 unspecified atom stereocenters. The Hall–Kier alpha value is -4.48. The van der Waals surface area contributed by atoms with Gasteiger partial charge in [0.05, 0.1) is 37.3 Å². The summed E-state index contributed by atoms with van der Waals surface area (Å²) in [6, 6.07) is 20.8. The van der Waals surface area contributed by atoms with E-state index < -0.39 is 15.9 Å². The number of ether oxygens (including phenoxy) is 3. The van der Waals surface area contributed by atoms with Gasteiger partial charge in [-0.3, -0.25) is 8.98 Å². The minimum atomic E-state index is -3.89. The maximum absolute atomic E-state index is 14.3. The van der Waals surface area contributed by atoms with Gasteiger partial charge in [-0.1, -0.05) is 35.9 Å². The number of methoxy groups -OCH3 is 1. The van der Waals surface area contributed by atoms with Gasteiger partial charge < -0.3 is 19.1 Å². The summed E-state index contributed by atoms with van der Waals surface area (Å²) in [6.07, 6.45) is 1.76. The number of rotatable bonds is 13. The molecular weight excluding hydrogens is 563 g/mol. The van der Waals surface area contributed by atoms with Crippen LogP contribution in [0.3, 0.4) is 0 Å². The monoisotopic (exact) mass is 594 g/mol. The topological polar surface area (TPSA) is 104 Å². The number of benzene rings is 3. The van der Waals surface area contributed by atoms with Crippen molar-refractivity contribution in [2.24, 2.45) is 0 Å². The summed E-state index contributed by atoms with van der Waals surface area (Å²) in [4.78, 5) is 18.6. The molecule has 11 heteroatoms. The maximum Gasteiger partial charge on any atom is 0.296 e. The highest BCUT2D eigenvalue weighted by Gasteiger charge is 2.23. The van der Waals surface area contributed by atoms with Crippen LogP contribution in [0.5, 0.6) is 23.1 Å². The number of carbonyl (C=O) groups is 1. The average molecular weight is 595 g/mol. The zero-order valence-electron chi connectivity index (χ0n) is 23.4. The van der Waals surface area contributed by atoms with Crippen molar-refractivity contribution < 1.29 is 36.0 Å². The molecule has 0 bridgehead atoms. The predicted molar refractivity (Wildman–Crippen MR) is 155 cm³/mol. The minimum absolute atomic E-state index is 0.0201. The summed E-state index contributed by atoms with van der Waals surface area (Å²) < 4.78 is 61.6. The molecule has 1 heterocycles. The van der Waals surface area contributed by atoms with Crippen molar-refractivity contribution in [1.29, 1.82) is 0 Å². The highest BCUT2D eigenvalue weighted by atomic mass is 32.2. The Morgan fingerprint density at radius 2 is 1.62 bits per heavy atom. The van der Waals surface area contributed by atoms with E-state index in [0.29, 0.717) is 22.7 Å². The fourth-order valence-corrected chi connectivity index (χ4v) is 4.98. The highest BCUT2D eigenvalue weighted by molar-refractivity contribution is 7.86. The first-order valence-corrected chi connectivity index (χ1v) is 14.5. The van der Waals surface area contributed by atoms with Crippen molar-refractivity contribution in [3.8, 4) is 23.1 Å². The Morgan fingerprint density at radius 3 is 2.33 bits per heavy atom. The zero-order chi connectivity index (χ0) is 30.1. The van der Waals surface area contributed by atoms with Crippen LogP contribution in [0.2, 0.25) is 0 Å². The van der Waals surface area contributed by atoms with Crippen LogP contribution in [-0.4, -0.2) is 39.6 Å². The molecule has 0 atom stereocenters. The van der Waals surface area contributed by atoms with Gasteiger partial charge in [0, 0.05) is 19.5 Å². The molecule has 0 aliphatic carbocycles. The van der Waals surface area contributed by atoms with E-state index in [9.17, 15) is 17.6 Å². The van der Waals surface area contributed by atoms with Crippen LogP contribution in [0.15, 0.2) is 90.0 Å². The Balaban J connectivity index is 1.49. The van der Waals surface area contributed by atoms with Gasteiger partial charge in [-0.15, -0.1) is 0 Å². The predicted octanol–water partition coefficient (Wildman–Crippen LogP) is 6.06. The molecule has 0 saturated carbocycles. The Kier molecular flexibility index (Phi) is 10.1. The van der Waals surface area contributed by atoms with Crippen LogP contribution in [0, 0.1) is 12.7 Å². The Bertz CT molecular complexity index is 1630. The molecule has 0 radical (unpaired) electrons. The molecule has 220 valence electrons. The fourth-order valence-electron chi connectivity index (χ4n) is 4.03. The number of aromatic nitrogens is 1. The van der Waals surface area contributed by atoms with Gasteiger partial charge >= 0.3 is 0 Å². The van der Waals surface area contributed by atoms with Crippen molar-refractivity contribution >= 4 is 21.7 Å². The van der Waals surface area contributed by atoms with Gasteiger partial charge in [0.15, 0.2) is 11.6 Å². The van der Waals surface area contributed by atoms with Crippen LogP contribution in [0.1, 0.15) is 24.5 Å². The first kappa shape index (κ1) is 30.5. The summed E-state index contributed by atoms with van der Waals surface area (Å²) in [6.45, 7) is 3.33. The number of amides is 1. The fraction of sp³-hybridized carbons (Fsp3) is 0.226. The van der Waals surface area contributed by atoms with E-state index in [0.717, 1.165) is 5.56 Å². The summed E-state index contributed by atoms with van der Waals surface area (Å²) in [5.74, 6) is 0.0170. The van der Waals surface area contributed by atoms with E-state index in [1.54, 1.807) is 54.6 Å². The molecule has 0 saturated heterocycles. The normalized spacial score (nSPS) is 11.1. The molecule has 0 aliphatic rings. The molecular formula is C31H31FN2O7S. The number of anilines is 1. The van der Waals surface area contributed by atoms with Crippen LogP contribution < -0.4 is 19.1 Å². The molecule has 4 aromatic rings. The smallest absolute Gasteiger partial charge is 0.296 e. The molecule has 0 N–H and O–H groups in total. The van der Waals surface area contributed by atoms with Gasteiger partial charge in [0.1, 0.15) is 17.2 Å². The summed E-state index contributed by atoms with van der Waals surface area (Å²) in [7, 11) is -2.39. The van der Waals surface area contributed by atoms with E-state index >= 15 is 0 Å². The van der Waals surface area contributed by atoms with Crippen LogP contribution in [-0.2, 0) is 25.6 Å². The first-order valence-electron chi connectivity index (χ1n) is 13.1.